The summed E-state index contributed by atoms with van der Waals surface area (Å²) in [5.74, 6) is 1.93. The quantitative estimate of drug-likeness (QED) is 0.168. The van der Waals surface area contributed by atoms with Crippen LogP contribution in [0.3, 0.4) is 0 Å². The third-order valence-electron chi connectivity index (χ3n) is 11.4. The standard InChI is InChI=1S/C52H33N3/c1-4-16-35(17-5-1)49-53-50(55-51(54-49)46-25-14-24-40-42-29-27-34-15-10-11-22-39(34)41(42)31-32-43(40)46)36-28-30-45-44-23-12-13-26-47(44)52(48(45)33-36,37-18-6-2-7-19-37)38-20-8-3-9-21-38/h1-33H. The van der Waals surface area contributed by atoms with Crippen molar-refractivity contribution in [3.63, 3.8) is 0 Å². The van der Waals surface area contributed by atoms with E-state index in [1.807, 2.05) is 18.2 Å². The van der Waals surface area contributed by atoms with Gasteiger partial charge in [-0.05, 0) is 71.8 Å². The number of hydrogen-bond donors (Lipinski definition) is 0. The largest absolute Gasteiger partial charge is 0.208 e. The van der Waals surface area contributed by atoms with Gasteiger partial charge in [0.05, 0.1) is 5.41 Å². The van der Waals surface area contributed by atoms with Crippen LogP contribution in [0.1, 0.15) is 22.3 Å². The molecule has 0 fully saturated rings. The molecule has 3 heteroatoms. The zero-order valence-corrected chi connectivity index (χ0v) is 29.9. The lowest BCUT2D eigenvalue weighted by Crippen LogP contribution is -2.28. The van der Waals surface area contributed by atoms with Crippen LogP contribution in [0.25, 0.3) is 77.6 Å². The van der Waals surface area contributed by atoms with Crippen molar-refractivity contribution in [2.75, 3.05) is 0 Å². The summed E-state index contributed by atoms with van der Waals surface area (Å²) in [5.41, 5.74) is 9.75. The summed E-state index contributed by atoms with van der Waals surface area (Å²) in [6, 6.07) is 71.6. The second kappa shape index (κ2) is 12.4. The molecule has 0 unspecified atom stereocenters. The highest BCUT2D eigenvalue weighted by atomic mass is 15.0. The maximum absolute atomic E-state index is 5.33. The van der Waals surface area contributed by atoms with E-state index in [1.165, 1.54) is 60.3 Å². The fourth-order valence-electron chi connectivity index (χ4n) is 8.98. The van der Waals surface area contributed by atoms with Gasteiger partial charge in [0, 0.05) is 16.7 Å². The van der Waals surface area contributed by atoms with Gasteiger partial charge in [-0.2, -0.15) is 0 Å². The summed E-state index contributed by atoms with van der Waals surface area (Å²) in [7, 11) is 0. The molecule has 10 aromatic rings. The van der Waals surface area contributed by atoms with Crippen LogP contribution in [-0.4, -0.2) is 15.0 Å². The van der Waals surface area contributed by atoms with Gasteiger partial charge in [0.15, 0.2) is 17.5 Å². The summed E-state index contributed by atoms with van der Waals surface area (Å²) in [6.45, 7) is 0. The van der Waals surface area contributed by atoms with Crippen LogP contribution in [0.5, 0.6) is 0 Å². The van der Waals surface area contributed by atoms with Crippen LogP contribution in [0.2, 0.25) is 0 Å². The monoisotopic (exact) mass is 699 g/mol. The molecule has 1 heterocycles. The molecule has 0 bridgehead atoms. The van der Waals surface area contributed by atoms with Crippen molar-refractivity contribution in [3.8, 4) is 45.3 Å². The summed E-state index contributed by atoms with van der Waals surface area (Å²) in [4.78, 5) is 15.7. The van der Waals surface area contributed by atoms with E-state index in [4.69, 9.17) is 15.0 Å². The SMILES string of the molecule is c1ccc(-c2nc(-c3ccc4c(c3)C(c3ccccc3)(c3ccccc3)c3ccccc3-4)nc(-c3cccc4c3ccc3c5ccccc5ccc43)n2)cc1. The van der Waals surface area contributed by atoms with Crippen LogP contribution in [-0.2, 0) is 5.41 Å². The molecular formula is C52H33N3. The molecule has 0 atom stereocenters. The Kier molecular flexibility index (Phi) is 7.08. The van der Waals surface area contributed by atoms with Gasteiger partial charge in [0.2, 0.25) is 0 Å². The maximum Gasteiger partial charge on any atom is 0.164 e. The molecule has 0 saturated carbocycles. The van der Waals surface area contributed by atoms with E-state index in [9.17, 15) is 0 Å². The van der Waals surface area contributed by atoms with E-state index < -0.39 is 5.41 Å². The minimum atomic E-state index is -0.524. The Bertz CT molecular complexity index is 3040. The van der Waals surface area contributed by atoms with Crippen LogP contribution >= 0.6 is 0 Å². The molecule has 0 radical (unpaired) electrons. The Morgan fingerprint density at radius 2 is 0.818 bits per heavy atom. The van der Waals surface area contributed by atoms with Crippen molar-refractivity contribution >= 4 is 32.3 Å². The van der Waals surface area contributed by atoms with E-state index in [0.29, 0.717) is 17.5 Å². The molecule has 1 aliphatic rings. The second-order valence-corrected chi connectivity index (χ2v) is 14.3. The smallest absolute Gasteiger partial charge is 0.164 e. The zero-order valence-electron chi connectivity index (χ0n) is 29.9. The van der Waals surface area contributed by atoms with Crippen molar-refractivity contribution in [1.82, 2.24) is 15.0 Å². The van der Waals surface area contributed by atoms with Gasteiger partial charge in [-0.15, -0.1) is 0 Å². The molecule has 3 nitrogen and oxygen atoms in total. The molecule has 0 aliphatic heterocycles. The number of rotatable bonds is 5. The average molecular weight is 700 g/mol. The molecule has 0 N–H and O–H groups in total. The fourth-order valence-corrected chi connectivity index (χ4v) is 8.98. The normalized spacial score (nSPS) is 12.9. The zero-order chi connectivity index (χ0) is 36.3. The van der Waals surface area contributed by atoms with Crippen molar-refractivity contribution in [1.29, 1.82) is 0 Å². The van der Waals surface area contributed by atoms with E-state index in [0.717, 1.165) is 22.1 Å². The molecule has 0 spiro atoms. The molecule has 0 amide bonds. The van der Waals surface area contributed by atoms with E-state index in [-0.39, 0.29) is 0 Å². The molecule has 1 aromatic heterocycles. The highest BCUT2D eigenvalue weighted by Gasteiger charge is 2.46. The lowest BCUT2D eigenvalue weighted by Gasteiger charge is -2.34. The van der Waals surface area contributed by atoms with Gasteiger partial charge < -0.3 is 0 Å². The molecular weight excluding hydrogens is 667 g/mol. The maximum atomic E-state index is 5.33. The number of nitrogens with zero attached hydrogens (tertiary/aromatic N) is 3. The number of fused-ring (bicyclic) bond motifs is 8. The molecule has 1 aliphatic carbocycles. The Labute approximate surface area is 319 Å². The van der Waals surface area contributed by atoms with Crippen LogP contribution in [0.15, 0.2) is 200 Å². The van der Waals surface area contributed by atoms with Crippen molar-refractivity contribution in [3.05, 3.63) is 222 Å². The Hall–Kier alpha value is -7.23. The first-order chi connectivity index (χ1) is 27.3. The first kappa shape index (κ1) is 31.3. The molecule has 0 saturated heterocycles. The first-order valence-corrected chi connectivity index (χ1v) is 18.8. The van der Waals surface area contributed by atoms with E-state index >= 15 is 0 Å². The van der Waals surface area contributed by atoms with Crippen LogP contribution in [0.4, 0.5) is 0 Å². The first-order valence-electron chi connectivity index (χ1n) is 18.8. The summed E-state index contributed by atoms with van der Waals surface area (Å²) >= 11 is 0. The Balaban J connectivity index is 1.16. The summed E-state index contributed by atoms with van der Waals surface area (Å²) in [6.07, 6.45) is 0. The van der Waals surface area contributed by atoms with Gasteiger partial charge in [-0.25, -0.2) is 15.0 Å². The van der Waals surface area contributed by atoms with Crippen molar-refractivity contribution in [2.24, 2.45) is 0 Å². The number of aromatic nitrogens is 3. The topological polar surface area (TPSA) is 38.7 Å². The van der Waals surface area contributed by atoms with Gasteiger partial charge in [-0.3, -0.25) is 0 Å². The number of benzene rings is 9. The number of hydrogen-bond acceptors (Lipinski definition) is 3. The predicted octanol–water partition coefficient (Wildman–Crippen LogP) is 12.7. The van der Waals surface area contributed by atoms with Gasteiger partial charge in [-0.1, -0.05) is 194 Å². The van der Waals surface area contributed by atoms with E-state index in [2.05, 4.69) is 182 Å². The minimum absolute atomic E-state index is 0.524. The minimum Gasteiger partial charge on any atom is -0.208 e. The lowest BCUT2D eigenvalue weighted by molar-refractivity contribution is 0.768. The highest BCUT2D eigenvalue weighted by molar-refractivity contribution is 6.19. The second-order valence-electron chi connectivity index (χ2n) is 14.3. The van der Waals surface area contributed by atoms with Gasteiger partial charge in [0.1, 0.15) is 0 Å². The molecule has 256 valence electrons. The lowest BCUT2D eigenvalue weighted by atomic mass is 9.67. The predicted molar refractivity (Wildman–Crippen MR) is 226 cm³/mol. The van der Waals surface area contributed by atoms with Crippen LogP contribution < -0.4 is 0 Å². The molecule has 11 rings (SSSR count). The molecule has 55 heavy (non-hydrogen) atoms. The Morgan fingerprint density at radius 1 is 0.291 bits per heavy atom. The third-order valence-corrected chi connectivity index (χ3v) is 11.4. The third kappa shape index (κ3) is 4.80. The average Bonchev–Trinajstić information content (AvgIpc) is 3.57. The molecule has 9 aromatic carbocycles. The van der Waals surface area contributed by atoms with Crippen molar-refractivity contribution < 1.29 is 0 Å². The fraction of sp³-hybridized carbons (Fsp3) is 0.0192. The Morgan fingerprint density at radius 3 is 1.60 bits per heavy atom. The van der Waals surface area contributed by atoms with E-state index in [1.54, 1.807) is 0 Å². The summed E-state index contributed by atoms with van der Waals surface area (Å²) < 4.78 is 0. The van der Waals surface area contributed by atoms with Crippen LogP contribution in [0, 0.1) is 0 Å². The van der Waals surface area contributed by atoms with Crippen molar-refractivity contribution in [2.45, 2.75) is 5.41 Å². The van der Waals surface area contributed by atoms with Gasteiger partial charge in [0.25, 0.3) is 0 Å². The summed E-state index contributed by atoms with van der Waals surface area (Å²) in [5, 5.41) is 7.23. The van der Waals surface area contributed by atoms with Gasteiger partial charge >= 0.3 is 0 Å². The highest BCUT2D eigenvalue weighted by Crippen LogP contribution is 2.56.